The summed E-state index contributed by atoms with van der Waals surface area (Å²) in [6, 6.07) is 0.602. The molecule has 3 nitrogen and oxygen atoms in total. The molecule has 0 fully saturated rings. The highest BCUT2D eigenvalue weighted by Gasteiger charge is 2.19. The number of aldehydes is 1. The third-order valence-electron chi connectivity index (χ3n) is 1.70. The van der Waals surface area contributed by atoms with E-state index in [0.29, 0.717) is 6.07 Å². The SMILES string of the molecule is COc1c(F)cc(F)c(OC)c1C=O. The van der Waals surface area contributed by atoms with Crippen molar-refractivity contribution in [1.82, 2.24) is 0 Å². The zero-order valence-electron chi connectivity index (χ0n) is 7.64. The molecule has 1 aromatic carbocycles. The normalized spacial score (nSPS) is 9.71. The van der Waals surface area contributed by atoms with Gasteiger partial charge in [-0.3, -0.25) is 4.79 Å². The molecule has 0 radical (unpaired) electrons. The molecule has 0 atom stereocenters. The van der Waals surface area contributed by atoms with Gasteiger partial charge in [0.05, 0.1) is 14.2 Å². The first-order valence-corrected chi connectivity index (χ1v) is 3.70. The first kappa shape index (κ1) is 10.4. The molecule has 0 spiro atoms. The second kappa shape index (κ2) is 4.04. The van der Waals surface area contributed by atoms with Crippen LogP contribution in [0.1, 0.15) is 10.4 Å². The molecule has 0 bridgehead atoms. The fraction of sp³-hybridized carbons (Fsp3) is 0.222. The predicted molar refractivity (Wildman–Crippen MR) is 44.8 cm³/mol. The molecule has 0 aliphatic heterocycles. The lowest BCUT2D eigenvalue weighted by Gasteiger charge is -2.09. The molecule has 76 valence electrons. The molecule has 0 saturated carbocycles. The smallest absolute Gasteiger partial charge is 0.169 e. The number of carbonyl (C=O) groups is 1. The van der Waals surface area contributed by atoms with Gasteiger partial charge >= 0.3 is 0 Å². The zero-order valence-corrected chi connectivity index (χ0v) is 7.64. The van der Waals surface area contributed by atoms with Crippen molar-refractivity contribution >= 4 is 6.29 Å². The Morgan fingerprint density at radius 1 is 1.14 bits per heavy atom. The van der Waals surface area contributed by atoms with E-state index in [-0.39, 0.29) is 23.3 Å². The highest BCUT2D eigenvalue weighted by atomic mass is 19.1. The Hall–Kier alpha value is -1.65. The highest BCUT2D eigenvalue weighted by Crippen LogP contribution is 2.32. The average Bonchev–Trinajstić information content (AvgIpc) is 2.16. The molecular weight excluding hydrogens is 194 g/mol. The molecule has 0 aliphatic carbocycles. The Kier molecular flexibility index (Phi) is 3.01. The van der Waals surface area contributed by atoms with Gasteiger partial charge in [0.2, 0.25) is 0 Å². The summed E-state index contributed by atoms with van der Waals surface area (Å²) in [6.07, 6.45) is 0.282. The molecule has 5 heteroatoms. The first-order valence-electron chi connectivity index (χ1n) is 3.70. The van der Waals surface area contributed by atoms with Crippen LogP contribution < -0.4 is 9.47 Å². The Balaban J connectivity index is 3.51. The number of methoxy groups -OCH3 is 2. The number of ether oxygens (including phenoxy) is 2. The molecule has 0 N–H and O–H groups in total. The molecule has 0 amide bonds. The van der Waals surface area contributed by atoms with Gasteiger partial charge in [-0.25, -0.2) is 8.78 Å². The van der Waals surface area contributed by atoms with Crippen LogP contribution in [0.4, 0.5) is 8.78 Å². The van der Waals surface area contributed by atoms with Gasteiger partial charge in [-0.05, 0) is 0 Å². The topological polar surface area (TPSA) is 35.5 Å². The summed E-state index contributed by atoms with van der Waals surface area (Å²) in [4.78, 5) is 10.6. The summed E-state index contributed by atoms with van der Waals surface area (Å²) in [7, 11) is 2.37. The molecule has 0 unspecified atom stereocenters. The Bertz CT molecular complexity index is 335. The van der Waals surface area contributed by atoms with Gasteiger partial charge in [0.15, 0.2) is 29.4 Å². The standard InChI is InChI=1S/C9H8F2O3/c1-13-8-5(4-12)9(14-2)7(11)3-6(8)10/h3-4H,1-2H3. The van der Waals surface area contributed by atoms with Gasteiger partial charge in [0.25, 0.3) is 0 Å². The van der Waals surface area contributed by atoms with Crippen LogP contribution in [0.15, 0.2) is 6.07 Å². The van der Waals surface area contributed by atoms with E-state index < -0.39 is 11.6 Å². The van der Waals surface area contributed by atoms with Crippen LogP contribution in [0.2, 0.25) is 0 Å². The van der Waals surface area contributed by atoms with Crippen molar-refractivity contribution in [3.05, 3.63) is 23.3 Å². The number of rotatable bonds is 3. The number of halogens is 2. The lowest BCUT2D eigenvalue weighted by atomic mass is 10.2. The minimum absolute atomic E-state index is 0.271. The third kappa shape index (κ3) is 1.53. The van der Waals surface area contributed by atoms with Gasteiger partial charge in [-0.2, -0.15) is 0 Å². The van der Waals surface area contributed by atoms with E-state index in [0.717, 1.165) is 0 Å². The van der Waals surface area contributed by atoms with E-state index in [1.165, 1.54) is 14.2 Å². The van der Waals surface area contributed by atoms with Crippen molar-refractivity contribution in [3.63, 3.8) is 0 Å². The summed E-state index contributed by atoms with van der Waals surface area (Å²) in [5.74, 6) is -2.52. The van der Waals surface area contributed by atoms with Crippen molar-refractivity contribution in [2.75, 3.05) is 14.2 Å². The first-order chi connectivity index (χ1) is 6.65. The minimum Gasteiger partial charge on any atom is -0.493 e. The number of hydrogen-bond donors (Lipinski definition) is 0. The molecule has 0 heterocycles. The van der Waals surface area contributed by atoms with Crippen LogP contribution in [0, 0.1) is 11.6 Å². The largest absolute Gasteiger partial charge is 0.493 e. The van der Waals surface area contributed by atoms with Crippen LogP contribution in [0.25, 0.3) is 0 Å². The molecule has 0 saturated heterocycles. The maximum atomic E-state index is 13.0. The van der Waals surface area contributed by atoms with E-state index in [2.05, 4.69) is 9.47 Å². The lowest BCUT2D eigenvalue weighted by Crippen LogP contribution is -2.01. The van der Waals surface area contributed by atoms with Gasteiger partial charge in [-0.15, -0.1) is 0 Å². The minimum atomic E-state index is -0.937. The molecule has 0 aliphatic rings. The van der Waals surface area contributed by atoms with Gasteiger partial charge in [0.1, 0.15) is 5.56 Å². The lowest BCUT2D eigenvalue weighted by molar-refractivity contribution is 0.111. The summed E-state index contributed by atoms with van der Waals surface area (Å²) in [5, 5.41) is 0. The third-order valence-corrected chi connectivity index (χ3v) is 1.70. The zero-order chi connectivity index (χ0) is 10.7. The van der Waals surface area contributed by atoms with Gasteiger partial charge < -0.3 is 9.47 Å². The number of carbonyl (C=O) groups excluding carboxylic acids is 1. The average molecular weight is 202 g/mol. The summed E-state index contributed by atoms with van der Waals surface area (Å²) in [5.41, 5.74) is -0.271. The predicted octanol–water partition coefficient (Wildman–Crippen LogP) is 1.79. The van der Waals surface area contributed by atoms with E-state index >= 15 is 0 Å². The second-order valence-corrected chi connectivity index (χ2v) is 2.44. The van der Waals surface area contributed by atoms with Crippen molar-refractivity contribution in [3.8, 4) is 11.5 Å². The quantitative estimate of drug-likeness (QED) is 0.701. The van der Waals surface area contributed by atoms with Crippen molar-refractivity contribution in [1.29, 1.82) is 0 Å². The van der Waals surface area contributed by atoms with Crippen molar-refractivity contribution in [2.24, 2.45) is 0 Å². The van der Waals surface area contributed by atoms with E-state index in [9.17, 15) is 13.6 Å². The van der Waals surface area contributed by atoms with Crippen LogP contribution in [-0.4, -0.2) is 20.5 Å². The van der Waals surface area contributed by atoms with E-state index in [1.54, 1.807) is 0 Å². The Morgan fingerprint density at radius 2 is 1.57 bits per heavy atom. The summed E-state index contributed by atoms with van der Waals surface area (Å²) in [6.45, 7) is 0. The summed E-state index contributed by atoms with van der Waals surface area (Å²) < 4.78 is 35.3. The van der Waals surface area contributed by atoms with E-state index in [1.807, 2.05) is 0 Å². The summed E-state index contributed by atoms with van der Waals surface area (Å²) >= 11 is 0. The van der Waals surface area contributed by atoms with Crippen molar-refractivity contribution in [2.45, 2.75) is 0 Å². The van der Waals surface area contributed by atoms with Crippen LogP contribution in [-0.2, 0) is 0 Å². The van der Waals surface area contributed by atoms with Gasteiger partial charge in [0, 0.05) is 6.07 Å². The highest BCUT2D eigenvalue weighted by molar-refractivity contribution is 5.84. The molecule has 14 heavy (non-hydrogen) atoms. The number of benzene rings is 1. The Morgan fingerprint density at radius 3 is 1.86 bits per heavy atom. The fourth-order valence-electron chi connectivity index (χ4n) is 1.12. The van der Waals surface area contributed by atoms with E-state index in [4.69, 9.17) is 0 Å². The Labute approximate surface area is 79.2 Å². The maximum Gasteiger partial charge on any atom is 0.169 e. The second-order valence-electron chi connectivity index (χ2n) is 2.44. The van der Waals surface area contributed by atoms with Gasteiger partial charge in [-0.1, -0.05) is 0 Å². The molecule has 0 aromatic heterocycles. The fourth-order valence-corrected chi connectivity index (χ4v) is 1.12. The van der Waals surface area contributed by atoms with Crippen molar-refractivity contribution < 1.29 is 23.0 Å². The molecule has 1 rings (SSSR count). The maximum absolute atomic E-state index is 13.0. The monoisotopic (exact) mass is 202 g/mol. The molecule has 1 aromatic rings. The number of hydrogen-bond acceptors (Lipinski definition) is 3. The van der Waals surface area contributed by atoms with Crippen LogP contribution >= 0.6 is 0 Å². The molecular formula is C9H8F2O3. The van der Waals surface area contributed by atoms with Crippen LogP contribution in [0.3, 0.4) is 0 Å². The van der Waals surface area contributed by atoms with Crippen LogP contribution in [0.5, 0.6) is 11.5 Å².